The van der Waals surface area contributed by atoms with Gasteiger partial charge in [0.1, 0.15) is 0 Å². The Bertz CT molecular complexity index is 867. The maximum Gasteiger partial charge on any atom is 0.335 e. The summed E-state index contributed by atoms with van der Waals surface area (Å²) in [5, 5.41) is 18.8. The molecule has 1 N–H and O–H groups in total. The maximum atomic E-state index is 10.9. The predicted octanol–water partition coefficient (Wildman–Crippen LogP) is 4.90. The number of carboxylic acid groups (broad SMARTS) is 1. The Morgan fingerprint density at radius 1 is 1.15 bits per heavy atom. The summed E-state index contributed by atoms with van der Waals surface area (Å²) in [4.78, 5) is 10.9. The van der Waals surface area contributed by atoms with E-state index in [1.165, 1.54) is 12.1 Å². The van der Waals surface area contributed by atoms with E-state index in [1.807, 2.05) is 13.8 Å². The van der Waals surface area contributed by atoms with Gasteiger partial charge in [-0.25, -0.2) is 4.79 Å². The van der Waals surface area contributed by atoms with Gasteiger partial charge in [-0.05, 0) is 55.3 Å². The lowest BCUT2D eigenvalue weighted by molar-refractivity contribution is 0.0697. The minimum absolute atomic E-state index is 0.161. The standard InChI is InChI=1S/C20H18ClNO4/c1-3-25-18-11-13(10-17(21)19(18)26-4-2)9-16(12-22)14-5-7-15(8-6-14)20(23)24/h5-11H,3-4H2,1-2H3,(H,23,24)/b16-9+. The molecule has 6 heteroatoms. The number of carboxylic acids is 1. The van der Waals surface area contributed by atoms with Crippen LogP contribution in [0.2, 0.25) is 5.02 Å². The molecule has 0 amide bonds. The van der Waals surface area contributed by atoms with Crippen molar-refractivity contribution in [1.29, 1.82) is 5.26 Å². The zero-order valence-electron chi connectivity index (χ0n) is 14.5. The van der Waals surface area contributed by atoms with Gasteiger partial charge >= 0.3 is 5.97 Å². The lowest BCUT2D eigenvalue weighted by Crippen LogP contribution is -1.99. The molecule has 2 rings (SSSR count). The van der Waals surface area contributed by atoms with Crippen LogP contribution in [0.3, 0.4) is 0 Å². The molecule has 0 aliphatic heterocycles. The number of allylic oxidation sites excluding steroid dienone is 1. The molecule has 2 aromatic carbocycles. The van der Waals surface area contributed by atoms with Gasteiger partial charge in [0.2, 0.25) is 0 Å². The van der Waals surface area contributed by atoms with E-state index in [1.54, 1.807) is 30.3 Å². The lowest BCUT2D eigenvalue weighted by atomic mass is 10.0. The fourth-order valence-corrected chi connectivity index (χ4v) is 2.63. The van der Waals surface area contributed by atoms with Crippen LogP contribution in [0.4, 0.5) is 0 Å². The number of hydrogen-bond donors (Lipinski definition) is 1. The molecule has 0 radical (unpaired) electrons. The first-order chi connectivity index (χ1) is 12.5. The summed E-state index contributed by atoms with van der Waals surface area (Å²) in [6, 6.07) is 11.7. The van der Waals surface area contributed by atoms with E-state index < -0.39 is 5.97 Å². The number of nitrogens with zero attached hydrogens (tertiary/aromatic N) is 1. The van der Waals surface area contributed by atoms with E-state index in [4.69, 9.17) is 26.2 Å². The molecular weight excluding hydrogens is 354 g/mol. The molecule has 0 spiro atoms. The van der Waals surface area contributed by atoms with Gasteiger partial charge < -0.3 is 14.6 Å². The third-order valence-corrected chi connectivity index (χ3v) is 3.78. The molecular formula is C20H18ClNO4. The summed E-state index contributed by atoms with van der Waals surface area (Å²) >= 11 is 6.29. The number of hydrogen-bond acceptors (Lipinski definition) is 4. The summed E-state index contributed by atoms with van der Waals surface area (Å²) in [6.45, 7) is 4.62. The highest BCUT2D eigenvalue weighted by Crippen LogP contribution is 2.37. The van der Waals surface area contributed by atoms with Crippen LogP contribution >= 0.6 is 11.6 Å². The van der Waals surface area contributed by atoms with Crippen molar-refractivity contribution in [3.05, 3.63) is 58.1 Å². The fraction of sp³-hybridized carbons (Fsp3) is 0.200. The van der Waals surface area contributed by atoms with Gasteiger partial charge in [0.05, 0.1) is 35.4 Å². The van der Waals surface area contributed by atoms with Gasteiger partial charge in [-0.1, -0.05) is 23.7 Å². The van der Waals surface area contributed by atoms with E-state index in [0.717, 1.165) is 0 Å². The van der Waals surface area contributed by atoms with Crippen molar-refractivity contribution in [2.45, 2.75) is 13.8 Å². The molecule has 0 aromatic heterocycles. The molecule has 2 aromatic rings. The highest BCUT2D eigenvalue weighted by Gasteiger charge is 2.12. The number of ether oxygens (including phenoxy) is 2. The first-order valence-electron chi connectivity index (χ1n) is 8.04. The lowest BCUT2D eigenvalue weighted by Gasteiger charge is -2.13. The Balaban J connectivity index is 2.45. The van der Waals surface area contributed by atoms with Gasteiger partial charge in [0.25, 0.3) is 0 Å². The van der Waals surface area contributed by atoms with Crippen molar-refractivity contribution < 1.29 is 19.4 Å². The van der Waals surface area contributed by atoms with E-state index in [9.17, 15) is 10.1 Å². The Kier molecular flexibility index (Phi) is 6.65. The molecule has 5 nitrogen and oxygen atoms in total. The van der Waals surface area contributed by atoms with Crippen LogP contribution in [0.15, 0.2) is 36.4 Å². The molecule has 0 saturated carbocycles. The van der Waals surface area contributed by atoms with Gasteiger partial charge in [-0.15, -0.1) is 0 Å². The van der Waals surface area contributed by atoms with Crippen LogP contribution in [0.5, 0.6) is 11.5 Å². The van der Waals surface area contributed by atoms with Crippen molar-refractivity contribution in [3.63, 3.8) is 0 Å². The van der Waals surface area contributed by atoms with Gasteiger partial charge in [-0.3, -0.25) is 0 Å². The minimum atomic E-state index is -1.02. The Hall–Kier alpha value is -2.97. The van der Waals surface area contributed by atoms with Crippen molar-refractivity contribution >= 4 is 29.2 Å². The van der Waals surface area contributed by atoms with Gasteiger partial charge in [0.15, 0.2) is 11.5 Å². The van der Waals surface area contributed by atoms with Gasteiger partial charge in [0, 0.05) is 0 Å². The molecule has 0 fully saturated rings. The number of halogens is 1. The van der Waals surface area contributed by atoms with E-state index in [0.29, 0.717) is 46.4 Å². The topological polar surface area (TPSA) is 79.5 Å². The summed E-state index contributed by atoms with van der Waals surface area (Å²) in [5.41, 5.74) is 1.83. The first kappa shape index (κ1) is 19.4. The molecule has 134 valence electrons. The Morgan fingerprint density at radius 2 is 1.77 bits per heavy atom. The number of benzene rings is 2. The van der Waals surface area contributed by atoms with Gasteiger partial charge in [-0.2, -0.15) is 5.26 Å². The summed E-state index contributed by atoms with van der Waals surface area (Å²) in [6.07, 6.45) is 1.67. The van der Waals surface area contributed by atoms with Crippen LogP contribution in [0, 0.1) is 11.3 Å². The number of aromatic carboxylic acids is 1. The number of rotatable bonds is 7. The second-order valence-corrected chi connectivity index (χ2v) is 5.66. The Labute approximate surface area is 157 Å². The van der Waals surface area contributed by atoms with Crippen molar-refractivity contribution in [2.75, 3.05) is 13.2 Å². The molecule has 0 saturated heterocycles. The average Bonchev–Trinajstić information content (AvgIpc) is 2.63. The van der Waals surface area contributed by atoms with E-state index >= 15 is 0 Å². The number of nitriles is 1. The summed E-state index contributed by atoms with van der Waals surface area (Å²) in [7, 11) is 0. The third-order valence-electron chi connectivity index (χ3n) is 3.49. The third kappa shape index (κ3) is 4.56. The van der Waals surface area contributed by atoms with Crippen LogP contribution in [-0.2, 0) is 0 Å². The predicted molar refractivity (Wildman–Crippen MR) is 101 cm³/mol. The van der Waals surface area contributed by atoms with Crippen LogP contribution in [0.25, 0.3) is 11.6 Å². The zero-order chi connectivity index (χ0) is 19.1. The Morgan fingerprint density at radius 3 is 2.31 bits per heavy atom. The highest BCUT2D eigenvalue weighted by atomic mass is 35.5. The molecule has 0 bridgehead atoms. The fourth-order valence-electron chi connectivity index (χ4n) is 2.36. The summed E-state index contributed by atoms with van der Waals surface area (Å²) < 4.78 is 11.1. The van der Waals surface area contributed by atoms with Crippen molar-refractivity contribution in [1.82, 2.24) is 0 Å². The minimum Gasteiger partial charge on any atom is -0.490 e. The van der Waals surface area contributed by atoms with Crippen LogP contribution in [-0.4, -0.2) is 24.3 Å². The molecule has 0 aliphatic carbocycles. The zero-order valence-corrected chi connectivity index (χ0v) is 15.2. The van der Waals surface area contributed by atoms with Crippen molar-refractivity contribution in [2.24, 2.45) is 0 Å². The largest absolute Gasteiger partial charge is 0.490 e. The molecule has 0 aliphatic rings. The average molecular weight is 372 g/mol. The summed E-state index contributed by atoms with van der Waals surface area (Å²) in [5.74, 6) is -0.0391. The monoisotopic (exact) mass is 371 g/mol. The highest BCUT2D eigenvalue weighted by molar-refractivity contribution is 6.32. The SMILES string of the molecule is CCOc1cc(/C=C(\C#N)c2ccc(C(=O)O)cc2)cc(Cl)c1OCC. The normalized spacial score (nSPS) is 10.9. The first-order valence-corrected chi connectivity index (χ1v) is 8.42. The molecule has 26 heavy (non-hydrogen) atoms. The number of carbonyl (C=O) groups is 1. The molecule has 0 unspecified atom stereocenters. The van der Waals surface area contributed by atoms with E-state index in [-0.39, 0.29) is 5.56 Å². The van der Waals surface area contributed by atoms with Crippen molar-refractivity contribution in [3.8, 4) is 17.6 Å². The second-order valence-electron chi connectivity index (χ2n) is 5.25. The maximum absolute atomic E-state index is 10.9. The molecule has 0 heterocycles. The smallest absolute Gasteiger partial charge is 0.335 e. The second kappa shape index (κ2) is 8.93. The van der Waals surface area contributed by atoms with E-state index in [2.05, 4.69) is 6.07 Å². The van der Waals surface area contributed by atoms with Crippen LogP contribution in [0.1, 0.15) is 35.3 Å². The molecule has 0 atom stereocenters. The quantitative estimate of drug-likeness (QED) is 0.553. The van der Waals surface area contributed by atoms with Crippen LogP contribution < -0.4 is 9.47 Å².